The number of sulfone groups is 1. The van der Waals surface area contributed by atoms with Crippen LogP contribution >= 0.6 is 0 Å². The van der Waals surface area contributed by atoms with Gasteiger partial charge in [0.05, 0.1) is 10.3 Å². The number of amides is 1. The van der Waals surface area contributed by atoms with Crippen LogP contribution in [0.5, 0.6) is 0 Å². The van der Waals surface area contributed by atoms with Crippen LogP contribution in [0.4, 0.5) is 10.1 Å². The third-order valence-electron chi connectivity index (χ3n) is 3.20. The zero-order valence-electron chi connectivity index (χ0n) is 12.0. The van der Waals surface area contributed by atoms with Crippen LogP contribution in [0.15, 0.2) is 12.1 Å². The van der Waals surface area contributed by atoms with Crippen LogP contribution in [0, 0.1) is 12.7 Å². The molecule has 0 atom stereocenters. The Balaban J connectivity index is 2.94. The molecule has 0 fully saturated rings. The second-order valence-corrected chi connectivity index (χ2v) is 8.06. The second-order valence-electron chi connectivity index (χ2n) is 5.41. The maximum absolute atomic E-state index is 13.9. The van der Waals surface area contributed by atoms with Gasteiger partial charge in [-0.1, -0.05) is 0 Å². The number of nitrogen functional groups attached to an aromatic ring is 1. The summed E-state index contributed by atoms with van der Waals surface area (Å²) in [7, 11) is -3.34. The van der Waals surface area contributed by atoms with Crippen molar-refractivity contribution in [1.29, 1.82) is 0 Å². The number of rotatable bonds is 4. The first-order valence-corrected chi connectivity index (χ1v) is 7.88. The van der Waals surface area contributed by atoms with Crippen molar-refractivity contribution >= 4 is 21.4 Å². The van der Waals surface area contributed by atoms with Crippen molar-refractivity contribution in [1.82, 2.24) is 5.32 Å². The van der Waals surface area contributed by atoms with Crippen molar-refractivity contribution in [3.8, 4) is 0 Å². The van der Waals surface area contributed by atoms with E-state index >= 15 is 0 Å². The minimum absolute atomic E-state index is 0.113. The summed E-state index contributed by atoms with van der Waals surface area (Å²) in [5.41, 5.74) is 5.92. The van der Waals surface area contributed by atoms with Crippen molar-refractivity contribution in [3.05, 3.63) is 29.1 Å². The predicted octanol–water partition coefficient (Wildman–Crippen LogP) is 1.27. The molecule has 5 nitrogen and oxygen atoms in total. The van der Waals surface area contributed by atoms with E-state index in [0.29, 0.717) is 0 Å². The second kappa shape index (κ2) is 5.40. The van der Waals surface area contributed by atoms with E-state index in [1.54, 1.807) is 0 Å². The zero-order chi connectivity index (χ0) is 15.7. The fourth-order valence-corrected chi connectivity index (χ4v) is 1.82. The topological polar surface area (TPSA) is 89.3 Å². The summed E-state index contributed by atoms with van der Waals surface area (Å²) in [4.78, 5) is 11.9. The first-order chi connectivity index (χ1) is 8.95. The van der Waals surface area contributed by atoms with E-state index in [4.69, 9.17) is 5.73 Å². The van der Waals surface area contributed by atoms with E-state index in [2.05, 4.69) is 5.32 Å². The van der Waals surface area contributed by atoms with Gasteiger partial charge in [0.1, 0.15) is 5.82 Å². The number of halogens is 1. The van der Waals surface area contributed by atoms with Crippen molar-refractivity contribution in [2.24, 2.45) is 0 Å². The molecule has 0 heterocycles. The van der Waals surface area contributed by atoms with E-state index < -0.39 is 26.3 Å². The molecule has 3 N–H and O–H groups in total. The number of hydrogen-bond donors (Lipinski definition) is 2. The van der Waals surface area contributed by atoms with Crippen LogP contribution in [-0.4, -0.2) is 31.9 Å². The number of nitrogens with one attached hydrogen (secondary N) is 1. The number of carbonyl (C=O) groups excluding carboxylic acids is 1. The monoisotopic (exact) mass is 302 g/mol. The fourth-order valence-electron chi connectivity index (χ4n) is 1.48. The highest BCUT2D eigenvalue weighted by Crippen LogP contribution is 2.18. The molecule has 0 aromatic heterocycles. The Morgan fingerprint density at radius 2 is 1.95 bits per heavy atom. The molecule has 0 saturated carbocycles. The standard InChI is InChI=1S/C13H19FN2O3S/c1-8-5-9(15)6-10(11(8)14)12(17)16-7-13(2,3)20(4,18)19/h5-6H,7,15H2,1-4H3,(H,16,17). The van der Waals surface area contributed by atoms with Gasteiger partial charge in [-0.15, -0.1) is 0 Å². The molecule has 1 rings (SSSR count). The predicted molar refractivity (Wildman–Crippen MR) is 76.8 cm³/mol. The highest BCUT2D eigenvalue weighted by molar-refractivity contribution is 7.92. The van der Waals surface area contributed by atoms with Gasteiger partial charge in [0, 0.05) is 18.5 Å². The number of aryl methyl sites for hydroxylation is 1. The number of carbonyl (C=O) groups is 1. The lowest BCUT2D eigenvalue weighted by Crippen LogP contribution is -2.44. The summed E-state index contributed by atoms with van der Waals surface area (Å²) in [5, 5.41) is 2.43. The average Bonchev–Trinajstić information content (AvgIpc) is 2.29. The summed E-state index contributed by atoms with van der Waals surface area (Å²) >= 11 is 0. The molecule has 20 heavy (non-hydrogen) atoms. The Hall–Kier alpha value is -1.63. The molecule has 1 amide bonds. The van der Waals surface area contributed by atoms with Gasteiger partial charge in [-0.3, -0.25) is 4.79 Å². The highest BCUT2D eigenvalue weighted by atomic mass is 32.2. The molecule has 1 aromatic rings. The van der Waals surface area contributed by atoms with Gasteiger partial charge in [0.2, 0.25) is 0 Å². The lowest BCUT2D eigenvalue weighted by molar-refractivity contribution is 0.0946. The number of hydrogen-bond acceptors (Lipinski definition) is 4. The lowest BCUT2D eigenvalue weighted by atomic mass is 10.1. The zero-order valence-corrected chi connectivity index (χ0v) is 12.8. The third-order valence-corrected chi connectivity index (χ3v) is 5.35. The minimum atomic E-state index is -3.34. The molecule has 0 aliphatic heterocycles. The van der Waals surface area contributed by atoms with Crippen LogP contribution in [0.25, 0.3) is 0 Å². The van der Waals surface area contributed by atoms with Crippen LogP contribution in [-0.2, 0) is 9.84 Å². The Labute approximate surface area is 118 Å². The van der Waals surface area contributed by atoms with E-state index in [-0.39, 0.29) is 23.4 Å². The first kappa shape index (κ1) is 16.4. The number of anilines is 1. The van der Waals surface area contributed by atoms with Gasteiger partial charge in [-0.25, -0.2) is 12.8 Å². The molecule has 0 spiro atoms. The average molecular weight is 302 g/mol. The molecular weight excluding hydrogens is 283 g/mol. The van der Waals surface area contributed by atoms with E-state index in [1.807, 2.05) is 0 Å². The molecule has 1 aromatic carbocycles. The Bertz CT molecular complexity index is 639. The summed E-state index contributed by atoms with van der Waals surface area (Å²) in [5.74, 6) is -1.34. The van der Waals surface area contributed by atoms with E-state index in [0.717, 1.165) is 6.26 Å². The largest absolute Gasteiger partial charge is 0.399 e. The van der Waals surface area contributed by atoms with Gasteiger partial charge in [-0.2, -0.15) is 0 Å². The van der Waals surface area contributed by atoms with Gasteiger partial charge in [0.25, 0.3) is 5.91 Å². The number of benzene rings is 1. The fraction of sp³-hybridized carbons (Fsp3) is 0.462. The molecule has 0 unspecified atom stereocenters. The summed E-state index contributed by atoms with van der Waals surface area (Å²) < 4.78 is 35.8. The molecule has 0 radical (unpaired) electrons. The van der Waals surface area contributed by atoms with Crippen molar-refractivity contribution in [2.45, 2.75) is 25.5 Å². The number of nitrogens with two attached hydrogens (primary N) is 1. The smallest absolute Gasteiger partial charge is 0.254 e. The quantitative estimate of drug-likeness (QED) is 0.820. The molecule has 0 saturated heterocycles. The maximum atomic E-state index is 13.9. The van der Waals surface area contributed by atoms with Gasteiger partial charge in [0.15, 0.2) is 9.84 Å². The lowest BCUT2D eigenvalue weighted by Gasteiger charge is -2.22. The SMILES string of the molecule is Cc1cc(N)cc(C(=O)NCC(C)(C)S(C)(=O)=O)c1F. The van der Waals surface area contributed by atoms with Crippen LogP contribution < -0.4 is 11.1 Å². The van der Waals surface area contributed by atoms with Crippen LogP contribution in [0.3, 0.4) is 0 Å². The van der Waals surface area contributed by atoms with Crippen molar-refractivity contribution in [3.63, 3.8) is 0 Å². The van der Waals surface area contributed by atoms with Crippen LogP contribution in [0.1, 0.15) is 29.8 Å². The normalized spacial score (nSPS) is 12.2. The highest BCUT2D eigenvalue weighted by Gasteiger charge is 2.31. The molecule has 0 aliphatic carbocycles. The molecular formula is C13H19FN2O3S. The molecule has 0 aliphatic rings. The summed E-state index contributed by atoms with van der Waals surface area (Å²) in [6.45, 7) is 4.37. The summed E-state index contributed by atoms with van der Waals surface area (Å²) in [6.07, 6.45) is 1.09. The molecule has 7 heteroatoms. The van der Waals surface area contributed by atoms with Gasteiger partial charge >= 0.3 is 0 Å². The van der Waals surface area contributed by atoms with E-state index in [1.165, 1.54) is 32.9 Å². The van der Waals surface area contributed by atoms with Crippen LogP contribution in [0.2, 0.25) is 0 Å². The third kappa shape index (κ3) is 3.47. The van der Waals surface area contributed by atoms with Gasteiger partial charge < -0.3 is 11.1 Å². The molecule has 0 bridgehead atoms. The van der Waals surface area contributed by atoms with Crippen molar-refractivity contribution in [2.75, 3.05) is 18.5 Å². The first-order valence-electron chi connectivity index (χ1n) is 5.99. The van der Waals surface area contributed by atoms with E-state index in [9.17, 15) is 17.6 Å². The minimum Gasteiger partial charge on any atom is -0.399 e. The summed E-state index contributed by atoms with van der Waals surface area (Å²) in [6, 6.07) is 2.65. The molecule has 112 valence electrons. The Kier molecular flexibility index (Phi) is 4.43. The maximum Gasteiger partial charge on any atom is 0.254 e. The Morgan fingerprint density at radius 3 is 2.45 bits per heavy atom. The Morgan fingerprint density at radius 1 is 1.40 bits per heavy atom. The van der Waals surface area contributed by atoms with Crippen molar-refractivity contribution < 1.29 is 17.6 Å². The van der Waals surface area contributed by atoms with Gasteiger partial charge in [-0.05, 0) is 38.5 Å².